The summed E-state index contributed by atoms with van der Waals surface area (Å²) in [4.78, 5) is 22.3. The molecule has 0 heterocycles. The lowest BCUT2D eigenvalue weighted by Crippen LogP contribution is -2.32. The van der Waals surface area contributed by atoms with Gasteiger partial charge in [-0.25, -0.2) is 0 Å². The summed E-state index contributed by atoms with van der Waals surface area (Å²) < 4.78 is 0. The van der Waals surface area contributed by atoms with E-state index in [-0.39, 0.29) is 12.5 Å². The standard InChI is InChI=1S/C14H19NO3/c1-9-4-5-10(2)12(6-9)7-13(16)15-8-11(3)14(17)18/h4-6,11H,7-8H2,1-3H3,(H,15,16)(H,17,18). The number of aryl methyl sites for hydroxylation is 2. The van der Waals surface area contributed by atoms with E-state index < -0.39 is 11.9 Å². The largest absolute Gasteiger partial charge is 0.481 e. The predicted octanol–water partition coefficient (Wildman–Crippen LogP) is 1.68. The molecule has 2 N–H and O–H groups in total. The minimum absolute atomic E-state index is 0.142. The van der Waals surface area contributed by atoms with Gasteiger partial charge in [0.2, 0.25) is 5.91 Å². The second kappa shape index (κ2) is 6.19. The molecule has 0 aliphatic rings. The smallest absolute Gasteiger partial charge is 0.308 e. The number of carbonyl (C=O) groups excluding carboxylic acids is 1. The molecule has 0 radical (unpaired) electrons. The summed E-state index contributed by atoms with van der Waals surface area (Å²) >= 11 is 0. The highest BCUT2D eigenvalue weighted by Gasteiger charge is 2.12. The second-order valence-electron chi connectivity index (χ2n) is 4.65. The highest BCUT2D eigenvalue weighted by atomic mass is 16.4. The normalized spacial score (nSPS) is 11.9. The number of hydrogen-bond acceptors (Lipinski definition) is 2. The molecule has 0 saturated heterocycles. The Morgan fingerprint density at radius 1 is 1.33 bits per heavy atom. The number of carbonyl (C=O) groups is 2. The number of carboxylic acids is 1. The quantitative estimate of drug-likeness (QED) is 0.834. The van der Waals surface area contributed by atoms with E-state index in [0.29, 0.717) is 6.42 Å². The van der Waals surface area contributed by atoms with Crippen LogP contribution in [0, 0.1) is 19.8 Å². The molecule has 0 aromatic heterocycles. The third kappa shape index (κ3) is 4.20. The van der Waals surface area contributed by atoms with E-state index in [1.165, 1.54) is 0 Å². The zero-order valence-corrected chi connectivity index (χ0v) is 11.0. The van der Waals surface area contributed by atoms with Gasteiger partial charge >= 0.3 is 5.97 Å². The maximum atomic E-state index is 11.7. The van der Waals surface area contributed by atoms with E-state index in [1.54, 1.807) is 6.92 Å². The molecule has 0 spiro atoms. The minimum atomic E-state index is -0.901. The van der Waals surface area contributed by atoms with Crippen molar-refractivity contribution in [1.82, 2.24) is 5.32 Å². The summed E-state index contributed by atoms with van der Waals surface area (Å²) in [6.07, 6.45) is 0.292. The van der Waals surface area contributed by atoms with Gasteiger partial charge in [-0.15, -0.1) is 0 Å². The van der Waals surface area contributed by atoms with E-state index in [0.717, 1.165) is 16.7 Å². The molecular formula is C14H19NO3. The molecule has 4 nitrogen and oxygen atoms in total. The van der Waals surface area contributed by atoms with Crippen LogP contribution in [0.5, 0.6) is 0 Å². The van der Waals surface area contributed by atoms with E-state index in [4.69, 9.17) is 5.11 Å². The molecule has 1 unspecified atom stereocenters. The lowest BCUT2D eigenvalue weighted by atomic mass is 10.0. The number of carboxylic acid groups (broad SMARTS) is 1. The Hall–Kier alpha value is -1.84. The van der Waals surface area contributed by atoms with E-state index >= 15 is 0 Å². The first-order valence-electron chi connectivity index (χ1n) is 5.95. The highest BCUT2D eigenvalue weighted by molar-refractivity contribution is 5.79. The molecule has 1 atom stereocenters. The van der Waals surface area contributed by atoms with Crippen LogP contribution >= 0.6 is 0 Å². The molecule has 1 rings (SSSR count). The third-order valence-electron chi connectivity index (χ3n) is 2.88. The van der Waals surface area contributed by atoms with Crippen molar-refractivity contribution in [3.8, 4) is 0 Å². The first-order valence-corrected chi connectivity index (χ1v) is 5.95. The number of nitrogens with one attached hydrogen (secondary N) is 1. The Morgan fingerprint density at radius 3 is 2.61 bits per heavy atom. The number of hydrogen-bond donors (Lipinski definition) is 2. The molecule has 18 heavy (non-hydrogen) atoms. The number of benzene rings is 1. The summed E-state index contributed by atoms with van der Waals surface area (Å²) in [6.45, 7) is 5.68. The maximum absolute atomic E-state index is 11.7. The molecule has 98 valence electrons. The fraction of sp³-hybridized carbons (Fsp3) is 0.429. The van der Waals surface area contributed by atoms with Gasteiger partial charge in [-0.2, -0.15) is 0 Å². The molecule has 1 aromatic carbocycles. The molecule has 0 fully saturated rings. The van der Waals surface area contributed by atoms with Gasteiger partial charge in [-0.05, 0) is 25.0 Å². The van der Waals surface area contributed by atoms with E-state index in [1.807, 2.05) is 32.0 Å². The Bertz CT molecular complexity index is 454. The Labute approximate surface area is 107 Å². The summed E-state index contributed by atoms with van der Waals surface area (Å²) in [5.74, 6) is -1.61. The lowest BCUT2D eigenvalue weighted by Gasteiger charge is -2.10. The van der Waals surface area contributed by atoms with Gasteiger partial charge in [0.1, 0.15) is 0 Å². The average molecular weight is 249 g/mol. The molecular weight excluding hydrogens is 230 g/mol. The Balaban J connectivity index is 2.54. The van der Waals surface area contributed by atoms with Gasteiger partial charge in [-0.1, -0.05) is 30.7 Å². The summed E-state index contributed by atoms with van der Waals surface area (Å²) in [7, 11) is 0. The van der Waals surface area contributed by atoms with Crippen LogP contribution < -0.4 is 5.32 Å². The van der Waals surface area contributed by atoms with Crippen LogP contribution in [0.3, 0.4) is 0 Å². The van der Waals surface area contributed by atoms with Crippen molar-refractivity contribution in [3.05, 3.63) is 34.9 Å². The SMILES string of the molecule is Cc1ccc(C)c(CC(=O)NCC(C)C(=O)O)c1. The van der Waals surface area contributed by atoms with Crippen LogP contribution in [0.25, 0.3) is 0 Å². The first kappa shape index (κ1) is 14.2. The van der Waals surface area contributed by atoms with E-state index in [2.05, 4.69) is 5.32 Å². The average Bonchev–Trinajstić information content (AvgIpc) is 2.30. The highest BCUT2D eigenvalue weighted by Crippen LogP contribution is 2.11. The Kier molecular flexibility index (Phi) is 4.89. The molecule has 4 heteroatoms. The zero-order valence-electron chi connectivity index (χ0n) is 11.0. The fourth-order valence-corrected chi connectivity index (χ4v) is 1.58. The van der Waals surface area contributed by atoms with Crippen molar-refractivity contribution in [2.45, 2.75) is 27.2 Å². The fourth-order valence-electron chi connectivity index (χ4n) is 1.58. The first-order chi connectivity index (χ1) is 8.40. The van der Waals surface area contributed by atoms with Crippen molar-refractivity contribution in [2.24, 2.45) is 5.92 Å². The van der Waals surface area contributed by atoms with Gasteiger partial charge in [0, 0.05) is 6.54 Å². The lowest BCUT2D eigenvalue weighted by molar-refractivity contribution is -0.141. The molecule has 0 aliphatic heterocycles. The second-order valence-corrected chi connectivity index (χ2v) is 4.65. The van der Waals surface area contributed by atoms with Crippen molar-refractivity contribution in [3.63, 3.8) is 0 Å². The van der Waals surface area contributed by atoms with Gasteiger partial charge in [0.05, 0.1) is 12.3 Å². The van der Waals surface area contributed by atoms with Gasteiger partial charge in [0.15, 0.2) is 0 Å². The summed E-state index contributed by atoms with van der Waals surface area (Å²) in [5.41, 5.74) is 3.17. The minimum Gasteiger partial charge on any atom is -0.481 e. The Morgan fingerprint density at radius 2 is 2.00 bits per heavy atom. The van der Waals surface area contributed by atoms with Crippen LogP contribution in [0.4, 0.5) is 0 Å². The van der Waals surface area contributed by atoms with Crippen molar-refractivity contribution >= 4 is 11.9 Å². The van der Waals surface area contributed by atoms with Gasteiger partial charge < -0.3 is 10.4 Å². The molecule has 1 aromatic rings. The van der Waals surface area contributed by atoms with Crippen LogP contribution in [-0.4, -0.2) is 23.5 Å². The maximum Gasteiger partial charge on any atom is 0.308 e. The topological polar surface area (TPSA) is 66.4 Å². The molecule has 0 aliphatic carbocycles. The summed E-state index contributed by atoms with van der Waals surface area (Å²) in [5, 5.41) is 11.4. The number of aliphatic carboxylic acids is 1. The zero-order chi connectivity index (χ0) is 13.7. The van der Waals surface area contributed by atoms with Crippen LogP contribution in [0.2, 0.25) is 0 Å². The van der Waals surface area contributed by atoms with Crippen molar-refractivity contribution < 1.29 is 14.7 Å². The number of amides is 1. The third-order valence-corrected chi connectivity index (χ3v) is 2.88. The van der Waals surface area contributed by atoms with Crippen LogP contribution in [-0.2, 0) is 16.0 Å². The molecule has 0 bridgehead atoms. The molecule has 1 amide bonds. The number of rotatable bonds is 5. The van der Waals surface area contributed by atoms with E-state index in [9.17, 15) is 9.59 Å². The monoisotopic (exact) mass is 249 g/mol. The van der Waals surface area contributed by atoms with Gasteiger partial charge in [-0.3, -0.25) is 9.59 Å². The summed E-state index contributed by atoms with van der Waals surface area (Å²) in [6, 6.07) is 5.97. The van der Waals surface area contributed by atoms with Crippen LogP contribution in [0.15, 0.2) is 18.2 Å². The predicted molar refractivity (Wildman–Crippen MR) is 69.4 cm³/mol. The van der Waals surface area contributed by atoms with Gasteiger partial charge in [0.25, 0.3) is 0 Å². The van der Waals surface area contributed by atoms with Crippen molar-refractivity contribution in [1.29, 1.82) is 0 Å². The molecule has 0 saturated carbocycles. The van der Waals surface area contributed by atoms with Crippen molar-refractivity contribution in [2.75, 3.05) is 6.54 Å². The van der Waals surface area contributed by atoms with Crippen LogP contribution in [0.1, 0.15) is 23.6 Å².